The molecule has 5 nitrogen and oxygen atoms in total. The summed E-state index contributed by atoms with van der Waals surface area (Å²) in [5.74, 6) is 0.312. The Labute approximate surface area is 126 Å². The Kier molecular flexibility index (Phi) is 3.69. The first-order valence-corrected chi connectivity index (χ1v) is 7.16. The summed E-state index contributed by atoms with van der Waals surface area (Å²) in [7, 11) is 0. The number of nitrogens with one attached hydrogen (secondary N) is 1. The number of carbonyl (C=O) groups is 1. The molecule has 1 aliphatic rings. The van der Waals surface area contributed by atoms with Crippen LogP contribution >= 0.6 is 11.6 Å². The van der Waals surface area contributed by atoms with Crippen molar-refractivity contribution in [2.24, 2.45) is 0 Å². The molecule has 1 fully saturated rings. The van der Waals surface area contributed by atoms with Crippen molar-refractivity contribution in [1.82, 2.24) is 10.3 Å². The van der Waals surface area contributed by atoms with Crippen LogP contribution in [0.1, 0.15) is 25.2 Å². The fourth-order valence-electron chi connectivity index (χ4n) is 2.38. The molecule has 110 valence electrons. The van der Waals surface area contributed by atoms with E-state index in [1.807, 2.05) is 12.1 Å². The molecule has 0 aliphatic heterocycles. The molecule has 3 rings (SSSR count). The Morgan fingerprint density at radius 2 is 2.10 bits per heavy atom. The normalized spacial score (nSPS) is 16.4. The van der Waals surface area contributed by atoms with E-state index >= 15 is 0 Å². The average Bonchev–Trinajstić information content (AvgIpc) is 2.87. The van der Waals surface area contributed by atoms with E-state index in [9.17, 15) is 9.90 Å². The first kappa shape index (κ1) is 14.1. The second-order valence-corrected chi connectivity index (χ2v) is 5.66. The van der Waals surface area contributed by atoms with Crippen LogP contribution < -0.4 is 5.32 Å². The summed E-state index contributed by atoms with van der Waals surface area (Å²) in [5.41, 5.74) is 0.0734. The van der Waals surface area contributed by atoms with Crippen molar-refractivity contribution in [3.05, 3.63) is 41.4 Å². The van der Waals surface area contributed by atoms with Crippen molar-refractivity contribution in [2.45, 2.75) is 31.3 Å². The zero-order valence-corrected chi connectivity index (χ0v) is 12.1. The smallest absolute Gasteiger partial charge is 0.323 e. The number of hydrogen-bond donors (Lipinski definition) is 2. The lowest BCUT2D eigenvalue weighted by atomic mass is 9.77. The van der Waals surface area contributed by atoms with E-state index in [2.05, 4.69) is 10.3 Å². The van der Waals surface area contributed by atoms with Crippen LogP contribution in [0.2, 0.25) is 5.02 Å². The largest absolute Gasteiger partial charge is 0.480 e. The van der Waals surface area contributed by atoms with Gasteiger partial charge in [-0.3, -0.25) is 10.1 Å². The highest BCUT2D eigenvalue weighted by Gasteiger charge is 2.44. The number of rotatable bonds is 5. The highest BCUT2D eigenvalue weighted by molar-refractivity contribution is 6.30. The van der Waals surface area contributed by atoms with Gasteiger partial charge in [0.05, 0.1) is 12.7 Å². The Balaban J connectivity index is 1.68. The van der Waals surface area contributed by atoms with Gasteiger partial charge in [-0.15, -0.1) is 0 Å². The maximum absolute atomic E-state index is 11.3. The van der Waals surface area contributed by atoms with Crippen LogP contribution in [0.4, 0.5) is 0 Å². The number of carboxylic acids is 1. The first-order valence-electron chi connectivity index (χ1n) is 6.78. The van der Waals surface area contributed by atoms with Gasteiger partial charge >= 0.3 is 5.97 Å². The molecule has 2 aromatic rings. The summed E-state index contributed by atoms with van der Waals surface area (Å²) < 4.78 is 5.64. The Morgan fingerprint density at radius 1 is 1.38 bits per heavy atom. The van der Waals surface area contributed by atoms with Crippen LogP contribution in [0, 0.1) is 0 Å². The standard InChI is InChI=1S/C15H15ClN2O3/c16-11-4-2-10(3-5-11)12-8-17-13(21-12)9-18-15(14(19)20)6-1-7-15/h2-5,8,18H,1,6-7,9H2,(H,19,20). The van der Waals surface area contributed by atoms with E-state index in [-0.39, 0.29) is 0 Å². The molecule has 21 heavy (non-hydrogen) atoms. The van der Waals surface area contributed by atoms with Crippen molar-refractivity contribution < 1.29 is 14.3 Å². The van der Waals surface area contributed by atoms with Crippen LogP contribution in [0.25, 0.3) is 11.3 Å². The van der Waals surface area contributed by atoms with E-state index in [0.717, 1.165) is 12.0 Å². The third-order valence-electron chi connectivity index (χ3n) is 3.88. The molecule has 2 N–H and O–H groups in total. The highest BCUT2D eigenvalue weighted by atomic mass is 35.5. The summed E-state index contributed by atoms with van der Waals surface area (Å²) in [6, 6.07) is 7.27. The number of benzene rings is 1. The van der Waals surface area contributed by atoms with Gasteiger partial charge in [-0.2, -0.15) is 0 Å². The van der Waals surface area contributed by atoms with Gasteiger partial charge in [0.25, 0.3) is 0 Å². The van der Waals surface area contributed by atoms with Gasteiger partial charge in [-0.25, -0.2) is 4.98 Å². The third kappa shape index (κ3) is 2.80. The van der Waals surface area contributed by atoms with Crippen molar-refractivity contribution in [3.8, 4) is 11.3 Å². The van der Waals surface area contributed by atoms with Gasteiger partial charge in [0.1, 0.15) is 5.54 Å². The molecule has 0 bridgehead atoms. The van der Waals surface area contributed by atoms with Gasteiger partial charge in [-0.1, -0.05) is 11.6 Å². The molecule has 6 heteroatoms. The Bertz CT molecular complexity index is 647. The molecule has 1 aromatic heterocycles. The highest BCUT2D eigenvalue weighted by Crippen LogP contribution is 2.32. The fourth-order valence-corrected chi connectivity index (χ4v) is 2.51. The summed E-state index contributed by atoms with van der Waals surface area (Å²) >= 11 is 5.84. The average molecular weight is 307 g/mol. The zero-order valence-electron chi connectivity index (χ0n) is 11.3. The summed E-state index contributed by atoms with van der Waals surface area (Å²) in [6.45, 7) is 0.305. The predicted octanol–water partition coefficient (Wildman–Crippen LogP) is 3.09. The second kappa shape index (κ2) is 5.50. The molecule has 0 spiro atoms. The van der Waals surface area contributed by atoms with Gasteiger partial charge in [-0.05, 0) is 43.5 Å². The van der Waals surface area contributed by atoms with Crippen LogP contribution in [-0.4, -0.2) is 21.6 Å². The molecular weight excluding hydrogens is 292 g/mol. The topological polar surface area (TPSA) is 75.4 Å². The third-order valence-corrected chi connectivity index (χ3v) is 4.13. The lowest BCUT2D eigenvalue weighted by Gasteiger charge is -2.38. The number of nitrogens with zero attached hydrogens (tertiary/aromatic N) is 1. The van der Waals surface area contributed by atoms with Crippen LogP contribution in [0.15, 0.2) is 34.9 Å². The number of aliphatic carboxylic acids is 1. The molecule has 0 unspecified atom stereocenters. The number of aromatic nitrogens is 1. The van der Waals surface area contributed by atoms with E-state index in [1.165, 1.54) is 0 Å². The van der Waals surface area contributed by atoms with Crippen molar-refractivity contribution in [3.63, 3.8) is 0 Å². The van der Waals surface area contributed by atoms with Gasteiger partial charge in [0, 0.05) is 10.6 Å². The Hall–Kier alpha value is -1.85. The summed E-state index contributed by atoms with van der Waals surface area (Å²) in [6.07, 6.45) is 3.86. The zero-order chi connectivity index (χ0) is 14.9. The first-order chi connectivity index (χ1) is 10.1. The van der Waals surface area contributed by atoms with Crippen LogP contribution in [0.3, 0.4) is 0 Å². The van der Waals surface area contributed by atoms with Crippen molar-refractivity contribution in [1.29, 1.82) is 0 Å². The number of oxazole rings is 1. The molecule has 1 heterocycles. The van der Waals surface area contributed by atoms with Gasteiger partial charge in [0.2, 0.25) is 5.89 Å². The lowest BCUT2D eigenvalue weighted by molar-refractivity contribution is -0.149. The summed E-state index contributed by atoms with van der Waals surface area (Å²) in [4.78, 5) is 15.4. The Morgan fingerprint density at radius 3 is 2.67 bits per heavy atom. The number of halogens is 1. The fraction of sp³-hybridized carbons (Fsp3) is 0.333. The van der Waals surface area contributed by atoms with Crippen LogP contribution in [0.5, 0.6) is 0 Å². The van der Waals surface area contributed by atoms with E-state index in [0.29, 0.717) is 36.1 Å². The maximum atomic E-state index is 11.3. The predicted molar refractivity (Wildman–Crippen MR) is 78.0 cm³/mol. The molecule has 1 aromatic carbocycles. The SMILES string of the molecule is O=C(O)C1(NCc2ncc(-c3ccc(Cl)cc3)o2)CCC1. The van der Waals surface area contributed by atoms with Crippen molar-refractivity contribution >= 4 is 17.6 Å². The minimum absolute atomic E-state index is 0.305. The minimum atomic E-state index is -0.811. The quantitative estimate of drug-likeness (QED) is 0.888. The van der Waals surface area contributed by atoms with Gasteiger partial charge in [0.15, 0.2) is 5.76 Å². The molecule has 1 saturated carbocycles. The van der Waals surface area contributed by atoms with Crippen LogP contribution in [-0.2, 0) is 11.3 Å². The van der Waals surface area contributed by atoms with Gasteiger partial charge < -0.3 is 9.52 Å². The molecule has 0 radical (unpaired) electrons. The second-order valence-electron chi connectivity index (χ2n) is 5.22. The number of hydrogen-bond acceptors (Lipinski definition) is 4. The molecular formula is C15H15ClN2O3. The lowest BCUT2D eigenvalue weighted by Crippen LogP contribution is -2.56. The molecule has 0 amide bonds. The maximum Gasteiger partial charge on any atom is 0.323 e. The number of carboxylic acid groups (broad SMARTS) is 1. The summed E-state index contributed by atoms with van der Waals surface area (Å²) in [5, 5.41) is 13.0. The molecule has 0 saturated heterocycles. The van der Waals surface area contributed by atoms with E-state index in [1.54, 1.807) is 18.3 Å². The van der Waals surface area contributed by atoms with Crippen molar-refractivity contribution in [2.75, 3.05) is 0 Å². The van der Waals surface area contributed by atoms with E-state index < -0.39 is 11.5 Å². The molecule has 1 aliphatic carbocycles. The minimum Gasteiger partial charge on any atom is -0.480 e. The van der Waals surface area contributed by atoms with E-state index in [4.69, 9.17) is 16.0 Å². The molecule has 0 atom stereocenters. The monoisotopic (exact) mass is 306 g/mol.